The van der Waals surface area contributed by atoms with Crippen LogP contribution in [0.3, 0.4) is 0 Å². The topological polar surface area (TPSA) is 58.4 Å². The first-order valence-corrected chi connectivity index (χ1v) is 6.75. The highest BCUT2D eigenvalue weighted by Crippen LogP contribution is 2.32. The number of rotatable bonds is 3. The van der Waals surface area contributed by atoms with Crippen LogP contribution in [0.25, 0.3) is 0 Å². The minimum Gasteiger partial charge on any atom is -0.454 e. The Morgan fingerprint density at radius 3 is 3.10 bits per heavy atom. The molecule has 1 aromatic heterocycles. The highest BCUT2D eigenvalue weighted by molar-refractivity contribution is 5.44. The zero-order chi connectivity index (χ0) is 13.4. The van der Waals surface area contributed by atoms with Gasteiger partial charge in [-0.25, -0.2) is 4.68 Å². The van der Waals surface area contributed by atoms with Crippen LogP contribution in [-0.2, 0) is 11.3 Å². The molecule has 1 aromatic carbocycles. The van der Waals surface area contributed by atoms with Gasteiger partial charge in [0.25, 0.3) is 0 Å². The van der Waals surface area contributed by atoms with Crippen molar-refractivity contribution in [2.45, 2.75) is 18.9 Å². The quantitative estimate of drug-likeness (QED) is 0.849. The molecule has 0 radical (unpaired) electrons. The van der Waals surface area contributed by atoms with E-state index in [1.807, 2.05) is 29.1 Å². The average Bonchev–Trinajstić information content (AvgIpc) is 3.19. The number of fused-ring (bicyclic) bond motifs is 1. The molecule has 0 bridgehead atoms. The van der Waals surface area contributed by atoms with Gasteiger partial charge in [0.2, 0.25) is 6.79 Å². The first-order valence-electron chi connectivity index (χ1n) is 6.75. The van der Waals surface area contributed by atoms with E-state index in [4.69, 9.17) is 14.2 Å². The maximum Gasteiger partial charge on any atom is 0.231 e. The molecule has 2 aliphatic rings. The van der Waals surface area contributed by atoms with E-state index < -0.39 is 0 Å². The van der Waals surface area contributed by atoms with Gasteiger partial charge >= 0.3 is 0 Å². The molecule has 6 heteroatoms. The molecular formula is C14H15N3O3. The molecular weight excluding hydrogens is 258 g/mol. The third kappa shape index (κ3) is 2.12. The van der Waals surface area contributed by atoms with Crippen molar-refractivity contribution in [3.05, 3.63) is 35.7 Å². The summed E-state index contributed by atoms with van der Waals surface area (Å²) in [6.45, 7) is 2.55. The number of hydrogen-bond acceptors (Lipinski definition) is 5. The van der Waals surface area contributed by atoms with Gasteiger partial charge in [0, 0.05) is 18.7 Å². The Hall–Kier alpha value is -2.08. The lowest BCUT2D eigenvalue weighted by atomic mass is 10.1. The van der Waals surface area contributed by atoms with E-state index in [2.05, 4.69) is 10.3 Å². The highest BCUT2D eigenvalue weighted by atomic mass is 16.7. The molecule has 1 fully saturated rings. The Labute approximate surface area is 116 Å². The second-order valence-corrected chi connectivity index (χ2v) is 5.09. The van der Waals surface area contributed by atoms with Crippen molar-refractivity contribution in [1.82, 2.24) is 15.0 Å². The molecule has 20 heavy (non-hydrogen) atoms. The van der Waals surface area contributed by atoms with Gasteiger partial charge in [-0.2, -0.15) is 0 Å². The largest absolute Gasteiger partial charge is 0.454 e. The number of benzene rings is 1. The lowest BCUT2D eigenvalue weighted by Crippen LogP contribution is -2.00. The van der Waals surface area contributed by atoms with Crippen molar-refractivity contribution in [2.75, 3.05) is 20.0 Å². The Kier molecular flexibility index (Phi) is 2.81. The van der Waals surface area contributed by atoms with E-state index in [0.29, 0.717) is 19.3 Å². The maximum absolute atomic E-state index is 5.38. The van der Waals surface area contributed by atoms with Crippen LogP contribution in [0, 0.1) is 0 Å². The normalized spacial score (nSPS) is 20.5. The van der Waals surface area contributed by atoms with Crippen molar-refractivity contribution < 1.29 is 14.2 Å². The molecule has 104 valence electrons. The summed E-state index contributed by atoms with van der Waals surface area (Å²) in [4.78, 5) is 0. The van der Waals surface area contributed by atoms with Crippen LogP contribution in [0.1, 0.15) is 23.6 Å². The Balaban J connectivity index is 1.51. The van der Waals surface area contributed by atoms with Gasteiger partial charge in [-0.15, -0.1) is 5.10 Å². The Bertz CT molecular complexity index is 620. The number of nitrogens with zero attached hydrogens (tertiary/aromatic N) is 3. The van der Waals surface area contributed by atoms with Crippen molar-refractivity contribution in [2.24, 2.45) is 0 Å². The molecule has 4 rings (SSSR count). The van der Waals surface area contributed by atoms with Crippen LogP contribution in [0.4, 0.5) is 0 Å². The minimum absolute atomic E-state index is 0.300. The first-order chi connectivity index (χ1) is 9.88. The Morgan fingerprint density at radius 2 is 2.20 bits per heavy atom. The van der Waals surface area contributed by atoms with Crippen molar-refractivity contribution in [3.63, 3.8) is 0 Å². The van der Waals surface area contributed by atoms with E-state index in [1.165, 1.54) is 0 Å². The number of aromatic nitrogens is 3. The molecule has 0 saturated carbocycles. The Morgan fingerprint density at radius 1 is 1.25 bits per heavy atom. The van der Waals surface area contributed by atoms with Crippen LogP contribution >= 0.6 is 0 Å². The molecule has 0 unspecified atom stereocenters. The van der Waals surface area contributed by atoms with Gasteiger partial charge in [-0.1, -0.05) is 11.3 Å². The van der Waals surface area contributed by atoms with Gasteiger partial charge in [0.15, 0.2) is 11.5 Å². The van der Waals surface area contributed by atoms with E-state index >= 15 is 0 Å². The predicted molar refractivity (Wildman–Crippen MR) is 69.9 cm³/mol. The van der Waals surface area contributed by atoms with Crippen LogP contribution < -0.4 is 9.47 Å². The number of hydrogen-bond donors (Lipinski definition) is 0. The summed E-state index contributed by atoms with van der Waals surface area (Å²) in [7, 11) is 0. The molecule has 1 saturated heterocycles. The van der Waals surface area contributed by atoms with E-state index in [0.717, 1.165) is 42.4 Å². The van der Waals surface area contributed by atoms with Crippen molar-refractivity contribution in [3.8, 4) is 11.5 Å². The summed E-state index contributed by atoms with van der Waals surface area (Å²) >= 11 is 0. The van der Waals surface area contributed by atoms with Gasteiger partial charge in [0.05, 0.1) is 18.8 Å². The molecule has 0 amide bonds. The summed E-state index contributed by atoms with van der Waals surface area (Å²) in [6, 6.07) is 5.94. The van der Waals surface area contributed by atoms with Gasteiger partial charge in [-0.05, 0) is 24.1 Å². The van der Waals surface area contributed by atoms with Gasteiger partial charge < -0.3 is 14.2 Å². The molecule has 0 aliphatic carbocycles. The maximum atomic E-state index is 5.38. The molecule has 2 aliphatic heterocycles. The van der Waals surface area contributed by atoms with E-state index in [9.17, 15) is 0 Å². The minimum atomic E-state index is 0.300. The van der Waals surface area contributed by atoms with E-state index in [1.54, 1.807) is 0 Å². The smallest absolute Gasteiger partial charge is 0.231 e. The molecule has 1 atom stereocenters. The molecule has 0 spiro atoms. The lowest BCUT2D eigenvalue weighted by molar-refractivity contribution is 0.174. The van der Waals surface area contributed by atoms with Crippen molar-refractivity contribution >= 4 is 0 Å². The van der Waals surface area contributed by atoms with Crippen molar-refractivity contribution in [1.29, 1.82) is 0 Å². The standard InChI is InChI=1S/C14H15N3O3/c1-2-13-14(20-9-19-13)5-10(1)6-17-7-12(15-16-17)11-3-4-18-8-11/h1-2,5,7,11H,3-4,6,8-9H2/t11-/m0/s1. The van der Waals surface area contributed by atoms with Crippen LogP contribution in [-0.4, -0.2) is 35.0 Å². The molecule has 2 aromatic rings. The predicted octanol–water partition coefficient (Wildman–Crippen LogP) is 1.56. The SMILES string of the molecule is c1cc2c(cc1Cn1cc([C@H]3CCOC3)nn1)OCO2. The zero-order valence-electron chi connectivity index (χ0n) is 11.0. The molecule has 6 nitrogen and oxygen atoms in total. The average molecular weight is 273 g/mol. The van der Waals surface area contributed by atoms with E-state index in [-0.39, 0.29) is 0 Å². The molecule has 0 N–H and O–H groups in total. The zero-order valence-corrected chi connectivity index (χ0v) is 11.0. The number of ether oxygens (including phenoxy) is 3. The summed E-state index contributed by atoms with van der Waals surface area (Å²) in [5, 5.41) is 8.43. The fourth-order valence-electron chi connectivity index (χ4n) is 2.57. The summed E-state index contributed by atoms with van der Waals surface area (Å²) in [5.74, 6) is 1.99. The summed E-state index contributed by atoms with van der Waals surface area (Å²) < 4.78 is 17.9. The van der Waals surface area contributed by atoms with Crippen LogP contribution in [0.15, 0.2) is 24.4 Å². The lowest BCUT2D eigenvalue weighted by Gasteiger charge is -2.03. The summed E-state index contributed by atoms with van der Waals surface area (Å²) in [5.41, 5.74) is 2.14. The first kappa shape index (κ1) is 11.7. The molecule has 3 heterocycles. The van der Waals surface area contributed by atoms with Gasteiger partial charge in [0.1, 0.15) is 0 Å². The van der Waals surface area contributed by atoms with Crippen LogP contribution in [0.2, 0.25) is 0 Å². The monoisotopic (exact) mass is 273 g/mol. The summed E-state index contributed by atoms with van der Waals surface area (Å²) in [6.07, 6.45) is 3.03. The fourth-order valence-corrected chi connectivity index (χ4v) is 2.57. The van der Waals surface area contributed by atoms with Gasteiger partial charge in [-0.3, -0.25) is 0 Å². The second kappa shape index (κ2) is 4.79. The second-order valence-electron chi connectivity index (χ2n) is 5.09. The third-order valence-corrected chi connectivity index (χ3v) is 3.69. The highest BCUT2D eigenvalue weighted by Gasteiger charge is 2.21. The fraction of sp³-hybridized carbons (Fsp3) is 0.429. The third-order valence-electron chi connectivity index (χ3n) is 3.69. The van der Waals surface area contributed by atoms with Crippen LogP contribution in [0.5, 0.6) is 11.5 Å².